The number of para-hydroxylation sites is 1. The van der Waals surface area contributed by atoms with Crippen molar-refractivity contribution in [2.75, 3.05) is 11.4 Å². The molecule has 3 aromatic rings. The van der Waals surface area contributed by atoms with Gasteiger partial charge in [-0.25, -0.2) is 9.48 Å². The van der Waals surface area contributed by atoms with Gasteiger partial charge in [0.2, 0.25) is 0 Å². The standard InChI is InChI=1S/C22H21N3O4/c1-14(20(26)25-13-7-9-15-8-3-6-12-18(15)25)29-22(28)19-16-10-4-5-11-17(16)21(27)24(2)23-19/h3-6,8,10-12,14H,7,9,13H2,1-2H3. The second-order valence-electron chi connectivity index (χ2n) is 7.09. The van der Waals surface area contributed by atoms with Crippen LogP contribution in [0.5, 0.6) is 0 Å². The highest BCUT2D eigenvalue weighted by Crippen LogP contribution is 2.27. The summed E-state index contributed by atoms with van der Waals surface area (Å²) in [5.41, 5.74) is 1.68. The third kappa shape index (κ3) is 3.40. The Labute approximate surface area is 167 Å². The fourth-order valence-corrected chi connectivity index (χ4v) is 3.70. The number of esters is 1. The topological polar surface area (TPSA) is 81.5 Å². The molecule has 7 nitrogen and oxygen atoms in total. The number of aryl methyl sites for hydroxylation is 2. The number of amides is 1. The Balaban J connectivity index is 1.60. The van der Waals surface area contributed by atoms with E-state index in [-0.39, 0.29) is 17.2 Å². The minimum atomic E-state index is -0.980. The van der Waals surface area contributed by atoms with Crippen LogP contribution in [0, 0.1) is 0 Å². The van der Waals surface area contributed by atoms with Crippen LogP contribution in [-0.2, 0) is 23.0 Å². The summed E-state index contributed by atoms with van der Waals surface area (Å²) in [5.74, 6) is -1.01. The number of ether oxygens (including phenoxy) is 1. The van der Waals surface area contributed by atoms with E-state index in [0.29, 0.717) is 17.3 Å². The molecule has 0 saturated carbocycles. The summed E-state index contributed by atoms with van der Waals surface area (Å²) >= 11 is 0. The van der Waals surface area contributed by atoms with Crippen LogP contribution < -0.4 is 10.5 Å². The van der Waals surface area contributed by atoms with Crippen molar-refractivity contribution in [2.45, 2.75) is 25.9 Å². The van der Waals surface area contributed by atoms with E-state index in [1.165, 1.54) is 7.05 Å². The Hall–Kier alpha value is -3.48. The lowest BCUT2D eigenvalue weighted by Crippen LogP contribution is -2.43. The SMILES string of the molecule is CC(OC(=O)c1nn(C)c(=O)c2ccccc12)C(=O)N1CCCc2ccccc21. The molecule has 1 aromatic heterocycles. The molecule has 1 amide bonds. The van der Waals surface area contributed by atoms with Gasteiger partial charge in [0.15, 0.2) is 11.8 Å². The fourth-order valence-electron chi connectivity index (χ4n) is 3.70. The number of nitrogens with zero attached hydrogens (tertiary/aromatic N) is 3. The molecule has 7 heteroatoms. The predicted octanol–water partition coefficient (Wildman–Crippen LogP) is 2.46. The second kappa shape index (κ2) is 7.50. The van der Waals surface area contributed by atoms with Crippen LogP contribution in [0.2, 0.25) is 0 Å². The lowest BCUT2D eigenvalue weighted by atomic mass is 10.0. The summed E-state index contributed by atoms with van der Waals surface area (Å²) in [6.07, 6.45) is 0.796. The van der Waals surface area contributed by atoms with Crippen LogP contribution in [0.15, 0.2) is 53.3 Å². The molecule has 148 valence electrons. The monoisotopic (exact) mass is 391 g/mol. The Kier molecular flexibility index (Phi) is 4.88. The summed E-state index contributed by atoms with van der Waals surface area (Å²) in [6, 6.07) is 14.5. The van der Waals surface area contributed by atoms with Crippen LogP contribution in [-0.4, -0.2) is 34.3 Å². The Morgan fingerprint density at radius 3 is 2.55 bits per heavy atom. The molecular formula is C22H21N3O4. The van der Waals surface area contributed by atoms with Crippen LogP contribution in [0.25, 0.3) is 10.8 Å². The number of rotatable bonds is 3. The number of hydrogen-bond acceptors (Lipinski definition) is 5. The normalized spacial score (nSPS) is 14.3. The highest BCUT2D eigenvalue weighted by Gasteiger charge is 2.29. The van der Waals surface area contributed by atoms with E-state index in [2.05, 4.69) is 5.10 Å². The minimum absolute atomic E-state index is 0.0152. The van der Waals surface area contributed by atoms with Gasteiger partial charge in [-0.3, -0.25) is 9.59 Å². The number of benzene rings is 2. The molecule has 4 rings (SSSR count). The lowest BCUT2D eigenvalue weighted by molar-refractivity contribution is -0.126. The van der Waals surface area contributed by atoms with E-state index < -0.39 is 12.1 Å². The van der Waals surface area contributed by atoms with Gasteiger partial charge in [-0.15, -0.1) is 0 Å². The van der Waals surface area contributed by atoms with Gasteiger partial charge in [0, 0.05) is 24.7 Å². The summed E-state index contributed by atoms with van der Waals surface area (Å²) < 4.78 is 6.56. The van der Waals surface area contributed by atoms with Crippen molar-refractivity contribution < 1.29 is 14.3 Å². The van der Waals surface area contributed by atoms with Crippen molar-refractivity contribution in [3.63, 3.8) is 0 Å². The third-order valence-electron chi connectivity index (χ3n) is 5.16. The predicted molar refractivity (Wildman–Crippen MR) is 109 cm³/mol. The van der Waals surface area contributed by atoms with Gasteiger partial charge in [0.25, 0.3) is 11.5 Å². The molecule has 1 aliphatic rings. The zero-order valence-corrected chi connectivity index (χ0v) is 16.3. The van der Waals surface area contributed by atoms with E-state index in [1.807, 2.05) is 24.3 Å². The molecule has 0 aliphatic carbocycles. The highest BCUT2D eigenvalue weighted by atomic mass is 16.5. The van der Waals surface area contributed by atoms with Gasteiger partial charge in [0.1, 0.15) is 0 Å². The zero-order chi connectivity index (χ0) is 20.5. The van der Waals surface area contributed by atoms with Crippen molar-refractivity contribution in [3.8, 4) is 0 Å². The summed E-state index contributed by atoms with van der Waals surface area (Å²) in [5, 5.41) is 4.85. The first-order valence-corrected chi connectivity index (χ1v) is 9.53. The molecule has 2 aromatic carbocycles. The number of aromatic nitrogens is 2. The number of fused-ring (bicyclic) bond motifs is 2. The maximum absolute atomic E-state index is 13.0. The van der Waals surface area contributed by atoms with Gasteiger partial charge >= 0.3 is 5.97 Å². The molecular weight excluding hydrogens is 370 g/mol. The molecule has 0 N–H and O–H groups in total. The van der Waals surface area contributed by atoms with Gasteiger partial charge in [-0.2, -0.15) is 5.10 Å². The van der Waals surface area contributed by atoms with Gasteiger partial charge < -0.3 is 9.64 Å². The molecule has 0 spiro atoms. The average molecular weight is 391 g/mol. The first-order chi connectivity index (χ1) is 14.0. The van der Waals surface area contributed by atoms with Crippen LogP contribution >= 0.6 is 0 Å². The quantitative estimate of drug-likeness (QED) is 0.641. The fraction of sp³-hybridized carbons (Fsp3) is 0.273. The molecule has 1 atom stereocenters. The van der Waals surface area contributed by atoms with E-state index in [9.17, 15) is 14.4 Å². The molecule has 29 heavy (non-hydrogen) atoms. The second-order valence-corrected chi connectivity index (χ2v) is 7.09. The number of hydrogen-bond donors (Lipinski definition) is 0. The number of anilines is 1. The van der Waals surface area contributed by atoms with E-state index in [0.717, 1.165) is 28.8 Å². The van der Waals surface area contributed by atoms with Crippen LogP contribution in [0.1, 0.15) is 29.4 Å². The number of carbonyl (C=O) groups excluding carboxylic acids is 2. The summed E-state index contributed by atoms with van der Waals surface area (Å²) in [7, 11) is 1.48. The van der Waals surface area contributed by atoms with Crippen LogP contribution in [0.4, 0.5) is 5.69 Å². The van der Waals surface area contributed by atoms with Gasteiger partial charge in [0.05, 0.1) is 5.39 Å². The Morgan fingerprint density at radius 1 is 1.07 bits per heavy atom. The Morgan fingerprint density at radius 2 is 1.76 bits per heavy atom. The maximum atomic E-state index is 13.0. The van der Waals surface area contributed by atoms with Gasteiger partial charge in [-0.05, 0) is 37.5 Å². The van der Waals surface area contributed by atoms with Crippen molar-refractivity contribution in [1.82, 2.24) is 9.78 Å². The maximum Gasteiger partial charge on any atom is 0.360 e. The average Bonchev–Trinajstić information content (AvgIpc) is 2.75. The molecule has 1 aliphatic heterocycles. The molecule has 1 unspecified atom stereocenters. The Bertz CT molecular complexity index is 1170. The van der Waals surface area contributed by atoms with E-state index >= 15 is 0 Å². The van der Waals surface area contributed by atoms with Crippen molar-refractivity contribution >= 4 is 28.3 Å². The smallest absolute Gasteiger partial charge is 0.360 e. The van der Waals surface area contributed by atoms with E-state index in [4.69, 9.17) is 4.74 Å². The molecule has 2 heterocycles. The molecule has 0 fully saturated rings. The molecule has 0 radical (unpaired) electrons. The largest absolute Gasteiger partial charge is 0.448 e. The number of carbonyl (C=O) groups is 2. The van der Waals surface area contributed by atoms with Crippen molar-refractivity contribution in [1.29, 1.82) is 0 Å². The zero-order valence-electron chi connectivity index (χ0n) is 16.3. The lowest BCUT2D eigenvalue weighted by Gasteiger charge is -2.31. The summed E-state index contributed by atoms with van der Waals surface area (Å²) in [4.78, 5) is 39.7. The van der Waals surface area contributed by atoms with Crippen molar-refractivity contribution in [2.24, 2.45) is 7.05 Å². The van der Waals surface area contributed by atoms with Crippen LogP contribution in [0.3, 0.4) is 0 Å². The first-order valence-electron chi connectivity index (χ1n) is 9.53. The molecule has 0 bridgehead atoms. The van der Waals surface area contributed by atoms with Gasteiger partial charge in [-0.1, -0.05) is 36.4 Å². The third-order valence-corrected chi connectivity index (χ3v) is 5.16. The first kappa shape index (κ1) is 18.9. The summed E-state index contributed by atoms with van der Waals surface area (Å²) in [6.45, 7) is 2.14. The van der Waals surface area contributed by atoms with Crippen molar-refractivity contribution in [3.05, 3.63) is 70.1 Å². The van der Waals surface area contributed by atoms with E-state index in [1.54, 1.807) is 36.1 Å². The highest BCUT2D eigenvalue weighted by molar-refractivity contribution is 6.04. The molecule has 0 saturated heterocycles. The minimum Gasteiger partial charge on any atom is -0.448 e.